The number of nitrogens with two attached hydrogens (primary N) is 1. The first-order valence-electron chi connectivity index (χ1n) is 5.43. The summed E-state index contributed by atoms with van der Waals surface area (Å²) >= 11 is 0. The summed E-state index contributed by atoms with van der Waals surface area (Å²) < 4.78 is 39.5. The summed E-state index contributed by atoms with van der Waals surface area (Å²) in [6.45, 7) is 1.85. The summed E-state index contributed by atoms with van der Waals surface area (Å²) in [4.78, 5) is -0.203. The smallest absolute Gasteiger partial charge is 0.241 e. The first-order chi connectivity index (χ1) is 8.88. The molecule has 0 radical (unpaired) electrons. The number of nitrogen functional groups attached to an aromatic ring is 1. The summed E-state index contributed by atoms with van der Waals surface area (Å²) in [5, 5.41) is 6.48. The number of hydrogen-bond donors (Lipinski definition) is 3. The summed E-state index contributed by atoms with van der Waals surface area (Å²) in [5.74, 6) is -0.695. The fourth-order valence-corrected chi connectivity index (χ4v) is 2.62. The van der Waals surface area contributed by atoms with Gasteiger partial charge in [-0.2, -0.15) is 5.10 Å². The van der Waals surface area contributed by atoms with Crippen LogP contribution in [0.5, 0.6) is 0 Å². The minimum absolute atomic E-state index is 0.0554. The van der Waals surface area contributed by atoms with Crippen LogP contribution in [0.3, 0.4) is 0 Å². The van der Waals surface area contributed by atoms with Gasteiger partial charge < -0.3 is 5.73 Å². The van der Waals surface area contributed by atoms with E-state index in [0.29, 0.717) is 5.56 Å². The second-order valence-electron chi connectivity index (χ2n) is 4.07. The fourth-order valence-electron chi connectivity index (χ4n) is 1.55. The second kappa shape index (κ2) is 4.98. The van der Waals surface area contributed by atoms with E-state index in [2.05, 4.69) is 14.9 Å². The van der Waals surface area contributed by atoms with Gasteiger partial charge in [0.25, 0.3) is 0 Å². The van der Waals surface area contributed by atoms with Crippen molar-refractivity contribution in [1.29, 1.82) is 0 Å². The molecule has 0 aliphatic rings. The van der Waals surface area contributed by atoms with Crippen molar-refractivity contribution in [1.82, 2.24) is 14.9 Å². The number of halogens is 1. The Hall–Kier alpha value is -1.93. The third-order valence-electron chi connectivity index (χ3n) is 2.59. The number of sulfonamides is 1. The van der Waals surface area contributed by atoms with Gasteiger partial charge in [-0.1, -0.05) is 0 Å². The Bertz CT molecular complexity index is 676. The van der Waals surface area contributed by atoms with Crippen LogP contribution in [0.4, 0.5) is 10.1 Å². The molecule has 0 spiro atoms. The van der Waals surface area contributed by atoms with Crippen LogP contribution in [0, 0.1) is 12.7 Å². The molecule has 2 aromatic rings. The first-order valence-corrected chi connectivity index (χ1v) is 6.91. The Morgan fingerprint density at radius 2 is 2.16 bits per heavy atom. The van der Waals surface area contributed by atoms with Crippen molar-refractivity contribution in [3.8, 4) is 0 Å². The average molecular weight is 284 g/mol. The monoisotopic (exact) mass is 284 g/mol. The quantitative estimate of drug-likeness (QED) is 0.727. The summed E-state index contributed by atoms with van der Waals surface area (Å²) in [5.41, 5.74) is 6.96. The van der Waals surface area contributed by atoms with Crippen molar-refractivity contribution in [2.75, 3.05) is 5.73 Å². The number of H-pyrrole nitrogens is 1. The lowest BCUT2D eigenvalue weighted by Gasteiger charge is -2.07. The number of benzene rings is 1. The Kier molecular flexibility index (Phi) is 3.54. The van der Waals surface area contributed by atoms with Gasteiger partial charge in [0, 0.05) is 23.5 Å². The zero-order valence-corrected chi connectivity index (χ0v) is 11.0. The van der Waals surface area contributed by atoms with Crippen LogP contribution in [-0.2, 0) is 16.6 Å². The highest BCUT2D eigenvalue weighted by Crippen LogP contribution is 2.16. The molecule has 8 heteroatoms. The number of aromatic amines is 1. The number of nitrogens with zero attached hydrogens (tertiary/aromatic N) is 1. The maximum atomic E-state index is 13.1. The third kappa shape index (κ3) is 3.09. The van der Waals surface area contributed by atoms with E-state index >= 15 is 0 Å². The predicted molar refractivity (Wildman–Crippen MR) is 68.2 cm³/mol. The van der Waals surface area contributed by atoms with E-state index in [0.717, 1.165) is 17.8 Å². The van der Waals surface area contributed by atoms with Crippen molar-refractivity contribution in [2.45, 2.75) is 18.4 Å². The molecule has 1 aromatic carbocycles. The second-order valence-corrected chi connectivity index (χ2v) is 5.83. The normalized spacial score (nSPS) is 11.7. The zero-order valence-electron chi connectivity index (χ0n) is 10.1. The molecule has 0 aliphatic heterocycles. The topological polar surface area (TPSA) is 101 Å². The molecule has 0 aliphatic carbocycles. The van der Waals surface area contributed by atoms with Gasteiger partial charge in [0.05, 0.1) is 11.1 Å². The summed E-state index contributed by atoms with van der Waals surface area (Å²) in [7, 11) is -3.81. The molecule has 0 saturated carbocycles. The van der Waals surface area contributed by atoms with Crippen molar-refractivity contribution in [3.63, 3.8) is 0 Å². The lowest BCUT2D eigenvalue weighted by molar-refractivity contribution is 0.577. The van der Waals surface area contributed by atoms with Crippen LogP contribution < -0.4 is 10.5 Å². The molecule has 0 saturated heterocycles. The molecule has 6 nitrogen and oxygen atoms in total. The Balaban J connectivity index is 2.21. The van der Waals surface area contributed by atoms with E-state index in [4.69, 9.17) is 5.73 Å². The fraction of sp³-hybridized carbons (Fsp3) is 0.182. The van der Waals surface area contributed by atoms with E-state index in [-0.39, 0.29) is 17.1 Å². The number of nitrogens with one attached hydrogen (secondary N) is 2. The number of hydrogen-bond acceptors (Lipinski definition) is 4. The van der Waals surface area contributed by atoms with Gasteiger partial charge in [0.1, 0.15) is 5.82 Å². The van der Waals surface area contributed by atoms with Crippen molar-refractivity contribution >= 4 is 15.7 Å². The van der Waals surface area contributed by atoms with Gasteiger partial charge in [-0.3, -0.25) is 5.10 Å². The minimum atomic E-state index is -3.81. The van der Waals surface area contributed by atoms with Gasteiger partial charge in [-0.05, 0) is 25.1 Å². The van der Waals surface area contributed by atoms with E-state index in [1.54, 1.807) is 6.92 Å². The van der Waals surface area contributed by atoms with Gasteiger partial charge in [-0.25, -0.2) is 17.5 Å². The lowest BCUT2D eigenvalue weighted by Crippen LogP contribution is -2.23. The molecule has 0 unspecified atom stereocenters. The highest BCUT2D eigenvalue weighted by atomic mass is 32.2. The maximum Gasteiger partial charge on any atom is 0.241 e. The van der Waals surface area contributed by atoms with Crippen LogP contribution >= 0.6 is 0 Å². The van der Waals surface area contributed by atoms with Gasteiger partial charge in [-0.15, -0.1) is 0 Å². The number of rotatable bonds is 4. The number of anilines is 1. The van der Waals surface area contributed by atoms with E-state index in [1.165, 1.54) is 12.3 Å². The van der Waals surface area contributed by atoms with Crippen LogP contribution in [0.1, 0.15) is 11.3 Å². The Morgan fingerprint density at radius 3 is 2.74 bits per heavy atom. The largest absolute Gasteiger partial charge is 0.399 e. The molecular formula is C11H13FN4O2S. The molecule has 0 amide bonds. The van der Waals surface area contributed by atoms with Gasteiger partial charge >= 0.3 is 0 Å². The molecule has 4 N–H and O–H groups in total. The van der Waals surface area contributed by atoms with Crippen LogP contribution in [0.15, 0.2) is 29.3 Å². The third-order valence-corrected chi connectivity index (χ3v) is 3.97. The van der Waals surface area contributed by atoms with Gasteiger partial charge in [0.15, 0.2) is 0 Å². The van der Waals surface area contributed by atoms with Crippen molar-refractivity contribution in [3.05, 3.63) is 41.5 Å². The molecule has 1 heterocycles. The van der Waals surface area contributed by atoms with Gasteiger partial charge in [0.2, 0.25) is 10.0 Å². The average Bonchev–Trinajstić information content (AvgIpc) is 2.71. The molecule has 19 heavy (non-hydrogen) atoms. The number of aromatic nitrogens is 2. The van der Waals surface area contributed by atoms with Crippen molar-refractivity contribution in [2.24, 2.45) is 0 Å². The molecule has 0 fully saturated rings. The Morgan fingerprint density at radius 1 is 1.42 bits per heavy atom. The van der Waals surface area contributed by atoms with E-state index in [1.807, 2.05) is 0 Å². The van der Waals surface area contributed by atoms with E-state index < -0.39 is 15.8 Å². The minimum Gasteiger partial charge on any atom is -0.399 e. The summed E-state index contributed by atoms with van der Waals surface area (Å²) in [6.07, 6.45) is 1.53. The highest BCUT2D eigenvalue weighted by Gasteiger charge is 2.16. The molecule has 102 valence electrons. The SMILES string of the molecule is Cc1[nH]ncc1CNS(=O)(=O)c1cc(N)cc(F)c1. The van der Waals surface area contributed by atoms with Crippen LogP contribution in [0.2, 0.25) is 0 Å². The molecule has 1 aromatic heterocycles. The van der Waals surface area contributed by atoms with Crippen LogP contribution in [0.25, 0.3) is 0 Å². The predicted octanol–water partition coefficient (Wildman–Crippen LogP) is 0.918. The van der Waals surface area contributed by atoms with Crippen LogP contribution in [-0.4, -0.2) is 18.6 Å². The summed E-state index contributed by atoms with van der Waals surface area (Å²) in [6, 6.07) is 3.17. The molecule has 2 rings (SSSR count). The molecule has 0 bridgehead atoms. The Labute approximate surface area is 109 Å². The maximum absolute atomic E-state index is 13.1. The van der Waals surface area contributed by atoms with E-state index in [9.17, 15) is 12.8 Å². The zero-order chi connectivity index (χ0) is 14.0. The molecule has 0 atom stereocenters. The lowest BCUT2D eigenvalue weighted by atomic mass is 10.3. The standard InChI is InChI=1S/C11H13FN4O2S/c1-7-8(5-14-16-7)6-15-19(17,18)11-3-9(12)2-10(13)4-11/h2-5,15H,6,13H2,1H3,(H,14,16). The first kappa shape index (κ1) is 13.5. The molecular weight excluding hydrogens is 271 g/mol. The van der Waals surface area contributed by atoms with Crippen molar-refractivity contribution < 1.29 is 12.8 Å². The number of aryl methyl sites for hydroxylation is 1. The highest BCUT2D eigenvalue weighted by molar-refractivity contribution is 7.89.